The molecule has 0 aliphatic carbocycles. The number of nitrogens with zero attached hydrogens (tertiary/aromatic N) is 1. The van der Waals surface area contributed by atoms with Crippen molar-refractivity contribution in [1.82, 2.24) is 4.90 Å². The first-order chi connectivity index (χ1) is 16.1. The molecular formula is C29H31FN2O. The molecule has 0 radical (unpaired) electrons. The standard InChI is InChI=1S/C29H31FN2O/c1-2-21-19-25(30)20-26-27(21)31-28(33)29(26,24-11-7-4-8-12-24)15-18-32-16-13-23(14-17-32)22-9-5-3-6-10-22/h3-12,19-20,23H,2,13-18H2,1H3,(H,31,33). The van der Waals surface area contributed by atoms with E-state index in [4.69, 9.17) is 0 Å². The van der Waals surface area contributed by atoms with Crippen LogP contribution < -0.4 is 5.32 Å². The van der Waals surface area contributed by atoms with Crippen LogP contribution in [0.25, 0.3) is 0 Å². The largest absolute Gasteiger partial charge is 0.324 e. The molecule has 2 aliphatic rings. The number of fused-ring (bicyclic) bond motifs is 1. The highest BCUT2D eigenvalue weighted by Crippen LogP contribution is 2.47. The van der Waals surface area contributed by atoms with Gasteiger partial charge in [-0.15, -0.1) is 0 Å². The van der Waals surface area contributed by atoms with E-state index in [1.165, 1.54) is 5.56 Å². The lowest BCUT2D eigenvalue weighted by Gasteiger charge is -2.35. The number of hydrogen-bond donors (Lipinski definition) is 1. The smallest absolute Gasteiger partial charge is 0.239 e. The summed E-state index contributed by atoms with van der Waals surface area (Å²) in [5.74, 6) is 0.288. The SMILES string of the molecule is CCc1cc(F)cc2c1NC(=O)C2(CCN1CCC(c2ccccc2)CC1)c1ccccc1. The lowest BCUT2D eigenvalue weighted by atomic mass is 9.72. The molecule has 1 amide bonds. The van der Waals surface area contributed by atoms with Crippen molar-refractivity contribution in [2.75, 3.05) is 25.0 Å². The Balaban J connectivity index is 1.41. The van der Waals surface area contributed by atoms with Gasteiger partial charge in [0, 0.05) is 5.69 Å². The number of rotatable bonds is 6. The molecule has 3 aromatic rings. The molecule has 0 saturated carbocycles. The van der Waals surface area contributed by atoms with Crippen molar-refractivity contribution in [3.8, 4) is 0 Å². The van der Waals surface area contributed by atoms with Crippen LogP contribution in [0.5, 0.6) is 0 Å². The van der Waals surface area contributed by atoms with E-state index in [1.807, 2.05) is 37.3 Å². The maximum absolute atomic E-state index is 14.6. The van der Waals surface area contributed by atoms with Crippen LogP contribution in [0, 0.1) is 5.82 Å². The lowest BCUT2D eigenvalue weighted by molar-refractivity contribution is -0.119. The highest BCUT2D eigenvalue weighted by molar-refractivity contribution is 6.09. The monoisotopic (exact) mass is 442 g/mol. The summed E-state index contributed by atoms with van der Waals surface area (Å²) in [5.41, 5.74) is 3.95. The third-order valence-corrected chi connectivity index (χ3v) is 7.58. The van der Waals surface area contributed by atoms with Crippen LogP contribution in [-0.2, 0) is 16.6 Å². The molecule has 0 aromatic heterocycles. The molecule has 4 heteroatoms. The van der Waals surface area contributed by atoms with Crippen molar-refractivity contribution in [3.63, 3.8) is 0 Å². The quantitative estimate of drug-likeness (QED) is 0.516. The first kappa shape index (κ1) is 21.8. The van der Waals surface area contributed by atoms with Gasteiger partial charge in [-0.1, -0.05) is 67.6 Å². The number of anilines is 1. The number of piperidine rings is 1. The van der Waals surface area contributed by atoms with Gasteiger partial charge in [-0.3, -0.25) is 4.79 Å². The zero-order chi connectivity index (χ0) is 22.8. The highest BCUT2D eigenvalue weighted by Gasteiger charge is 2.49. The van der Waals surface area contributed by atoms with Gasteiger partial charge in [0.15, 0.2) is 0 Å². The van der Waals surface area contributed by atoms with Gasteiger partial charge in [0.1, 0.15) is 11.2 Å². The zero-order valence-electron chi connectivity index (χ0n) is 19.2. The summed E-state index contributed by atoms with van der Waals surface area (Å²) in [4.78, 5) is 16.1. The molecule has 0 bridgehead atoms. The Hall–Kier alpha value is -2.98. The average molecular weight is 443 g/mol. The summed E-state index contributed by atoms with van der Waals surface area (Å²) in [7, 11) is 0. The van der Waals surface area contributed by atoms with E-state index < -0.39 is 5.41 Å². The second-order valence-corrected chi connectivity index (χ2v) is 9.34. The van der Waals surface area contributed by atoms with Crippen molar-refractivity contribution in [2.24, 2.45) is 0 Å². The predicted octanol–water partition coefficient (Wildman–Crippen LogP) is 5.90. The van der Waals surface area contributed by atoms with Crippen LogP contribution in [0.1, 0.15) is 54.4 Å². The highest BCUT2D eigenvalue weighted by atomic mass is 19.1. The fourth-order valence-electron chi connectivity index (χ4n) is 5.71. The molecule has 3 nitrogen and oxygen atoms in total. The summed E-state index contributed by atoms with van der Waals surface area (Å²) in [6, 6.07) is 23.8. The first-order valence-electron chi connectivity index (χ1n) is 12.1. The number of halogens is 1. The summed E-state index contributed by atoms with van der Waals surface area (Å²) in [6.07, 6.45) is 3.57. The molecule has 2 aliphatic heterocycles. The Kier molecular flexibility index (Phi) is 6.03. The third-order valence-electron chi connectivity index (χ3n) is 7.58. The zero-order valence-corrected chi connectivity index (χ0v) is 19.2. The Morgan fingerprint density at radius 1 is 1.00 bits per heavy atom. The molecule has 1 unspecified atom stereocenters. The van der Waals surface area contributed by atoms with Crippen LogP contribution in [0.2, 0.25) is 0 Å². The Morgan fingerprint density at radius 2 is 1.67 bits per heavy atom. The Morgan fingerprint density at radius 3 is 2.33 bits per heavy atom. The summed E-state index contributed by atoms with van der Waals surface area (Å²) >= 11 is 0. The van der Waals surface area contributed by atoms with Crippen LogP contribution >= 0.6 is 0 Å². The molecule has 2 heterocycles. The molecular weight excluding hydrogens is 411 g/mol. The third kappa shape index (κ3) is 3.97. The summed E-state index contributed by atoms with van der Waals surface area (Å²) in [5, 5.41) is 3.13. The molecule has 1 atom stereocenters. The molecule has 0 spiro atoms. The van der Waals surface area contributed by atoms with Crippen molar-refractivity contribution in [3.05, 3.63) is 101 Å². The van der Waals surface area contributed by atoms with E-state index in [9.17, 15) is 9.18 Å². The van der Waals surface area contributed by atoms with E-state index in [1.54, 1.807) is 12.1 Å². The second-order valence-electron chi connectivity index (χ2n) is 9.34. The number of carbonyl (C=O) groups is 1. The van der Waals surface area contributed by atoms with Gasteiger partial charge in [0.2, 0.25) is 5.91 Å². The van der Waals surface area contributed by atoms with E-state index in [0.29, 0.717) is 18.8 Å². The molecule has 3 aromatic carbocycles. The van der Waals surface area contributed by atoms with E-state index in [-0.39, 0.29) is 11.7 Å². The first-order valence-corrected chi connectivity index (χ1v) is 12.1. The Bertz CT molecular complexity index is 1120. The minimum absolute atomic E-state index is 0.0387. The van der Waals surface area contributed by atoms with Crippen LogP contribution in [0.3, 0.4) is 0 Å². The number of amides is 1. The summed E-state index contributed by atoms with van der Waals surface area (Å²) in [6.45, 7) is 4.84. The number of hydrogen-bond acceptors (Lipinski definition) is 2. The lowest BCUT2D eigenvalue weighted by Crippen LogP contribution is -2.41. The van der Waals surface area contributed by atoms with Gasteiger partial charge >= 0.3 is 0 Å². The predicted molar refractivity (Wildman–Crippen MR) is 131 cm³/mol. The molecule has 5 rings (SSSR count). The molecule has 33 heavy (non-hydrogen) atoms. The van der Waals surface area contributed by atoms with Gasteiger partial charge < -0.3 is 10.2 Å². The minimum atomic E-state index is -0.862. The molecule has 1 saturated heterocycles. The number of aryl methyl sites for hydroxylation is 1. The maximum Gasteiger partial charge on any atom is 0.239 e. The van der Waals surface area contributed by atoms with Crippen molar-refractivity contribution in [2.45, 2.75) is 43.9 Å². The van der Waals surface area contributed by atoms with E-state index in [2.05, 4.69) is 40.5 Å². The van der Waals surface area contributed by atoms with Crippen LogP contribution in [0.15, 0.2) is 72.8 Å². The topological polar surface area (TPSA) is 32.3 Å². The number of nitrogens with one attached hydrogen (secondary N) is 1. The molecule has 170 valence electrons. The van der Waals surface area contributed by atoms with Crippen LogP contribution in [-0.4, -0.2) is 30.4 Å². The average Bonchev–Trinajstić information content (AvgIpc) is 3.15. The Labute approximate surface area is 195 Å². The van der Waals surface area contributed by atoms with Gasteiger partial charge in [-0.25, -0.2) is 4.39 Å². The molecule has 1 N–H and O–H groups in total. The van der Waals surface area contributed by atoms with Gasteiger partial charge in [-0.2, -0.15) is 0 Å². The molecule has 1 fully saturated rings. The van der Waals surface area contributed by atoms with E-state index in [0.717, 1.165) is 54.9 Å². The van der Waals surface area contributed by atoms with Crippen molar-refractivity contribution >= 4 is 11.6 Å². The maximum atomic E-state index is 14.6. The summed E-state index contributed by atoms with van der Waals surface area (Å²) < 4.78 is 14.6. The van der Waals surface area contributed by atoms with Gasteiger partial charge in [-0.05, 0) is 85.6 Å². The van der Waals surface area contributed by atoms with Crippen LogP contribution in [0.4, 0.5) is 10.1 Å². The van der Waals surface area contributed by atoms with E-state index >= 15 is 0 Å². The van der Waals surface area contributed by atoms with Crippen molar-refractivity contribution < 1.29 is 9.18 Å². The minimum Gasteiger partial charge on any atom is -0.324 e. The second kappa shape index (κ2) is 9.11. The van der Waals surface area contributed by atoms with Gasteiger partial charge in [0.25, 0.3) is 0 Å². The number of carbonyl (C=O) groups excluding carboxylic acids is 1. The number of benzene rings is 3. The van der Waals surface area contributed by atoms with Crippen molar-refractivity contribution in [1.29, 1.82) is 0 Å². The van der Waals surface area contributed by atoms with Gasteiger partial charge in [0.05, 0.1) is 0 Å². The normalized spacial score (nSPS) is 21.1. The number of likely N-dealkylation sites (tertiary alicyclic amines) is 1. The fourth-order valence-corrected chi connectivity index (χ4v) is 5.71. The fraction of sp³-hybridized carbons (Fsp3) is 0.345.